The van der Waals surface area contributed by atoms with E-state index in [9.17, 15) is 4.79 Å². The van der Waals surface area contributed by atoms with Gasteiger partial charge in [-0.2, -0.15) is 0 Å². The molecule has 0 aliphatic carbocycles. The van der Waals surface area contributed by atoms with Gasteiger partial charge < -0.3 is 5.11 Å². The Hall–Kier alpha value is 0.951. The number of hydrogen-bond acceptors (Lipinski definition) is 1. The molecule has 0 saturated carbocycles. The van der Waals surface area contributed by atoms with E-state index in [1.165, 1.54) is 6.42 Å². The molecule has 0 bridgehead atoms. The molecule has 0 spiro atoms. The van der Waals surface area contributed by atoms with Crippen molar-refractivity contribution in [2.75, 3.05) is 0 Å². The zero-order valence-electron chi connectivity index (χ0n) is 8.39. The number of unbranched alkanes of at least 4 members (excludes halogenated alkanes) is 2. The SMILES string of the molecule is CC(C)(C)CCCCCC(=O)O.[SrH2]. The Morgan fingerprint density at radius 2 is 1.69 bits per heavy atom. The zero-order chi connectivity index (χ0) is 9.61. The molecule has 0 heterocycles. The Morgan fingerprint density at radius 1 is 1.15 bits per heavy atom. The van der Waals surface area contributed by atoms with Crippen LogP contribution in [0.3, 0.4) is 0 Å². The van der Waals surface area contributed by atoms with Crippen LogP contribution < -0.4 is 0 Å². The molecule has 76 valence electrons. The van der Waals surface area contributed by atoms with E-state index < -0.39 is 5.97 Å². The van der Waals surface area contributed by atoms with Crippen molar-refractivity contribution in [1.82, 2.24) is 0 Å². The summed E-state index contributed by atoms with van der Waals surface area (Å²) in [6.45, 7) is 6.64. The fourth-order valence-electron chi connectivity index (χ4n) is 1.11. The summed E-state index contributed by atoms with van der Waals surface area (Å²) in [5.41, 5.74) is 0.392. The molecule has 3 heteroatoms. The van der Waals surface area contributed by atoms with E-state index in [0.717, 1.165) is 19.3 Å². The van der Waals surface area contributed by atoms with Gasteiger partial charge in [0, 0.05) is 6.42 Å². The second kappa shape index (κ2) is 8.27. The van der Waals surface area contributed by atoms with Crippen LogP contribution in [0.1, 0.15) is 52.9 Å². The van der Waals surface area contributed by atoms with Crippen molar-refractivity contribution in [1.29, 1.82) is 0 Å². The number of carbonyl (C=O) groups is 1. The first-order valence-corrected chi connectivity index (χ1v) is 4.63. The van der Waals surface area contributed by atoms with Crippen LogP contribution in [0.15, 0.2) is 0 Å². The zero-order valence-corrected chi connectivity index (χ0v) is 8.39. The first-order valence-electron chi connectivity index (χ1n) is 4.63. The summed E-state index contributed by atoms with van der Waals surface area (Å²) in [5.74, 6) is -0.675. The summed E-state index contributed by atoms with van der Waals surface area (Å²) in [5, 5.41) is 8.37. The summed E-state index contributed by atoms with van der Waals surface area (Å²) in [6, 6.07) is 0. The van der Waals surface area contributed by atoms with Crippen LogP contribution in [-0.2, 0) is 4.79 Å². The summed E-state index contributed by atoms with van der Waals surface area (Å²) >= 11 is 0. The molecular weight excluding hydrogens is 240 g/mol. The number of carboxylic acid groups (broad SMARTS) is 1. The Balaban J connectivity index is 0. The predicted molar refractivity (Wildman–Crippen MR) is 58.7 cm³/mol. The minimum atomic E-state index is -0.675. The van der Waals surface area contributed by atoms with E-state index in [1.807, 2.05) is 0 Å². The Kier molecular flexibility index (Phi) is 10.4. The third kappa shape index (κ3) is 15.7. The Morgan fingerprint density at radius 3 is 2.08 bits per heavy atom. The molecule has 0 rings (SSSR count). The third-order valence-electron chi connectivity index (χ3n) is 1.82. The molecule has 0 atom stereocenters. The molecule has 13 heavy (non-hydrogen) atoms. The fourth-order valence-corrected chi connectivity index (χ4v) is 1.11. The first kappa shape index (κ1) is 16.4. The average molecular weight is 262 g/mol. The second-order valence-corrected chi connectivity index (χ2v) is 4.52. The van der Waals surface area contributed by atoms with Gasteiger partial charge in [-0.3, -0.25) is 4.79 Å². The van der Waals surface area contributed by atoms with Crippen molar-refractivity contribution < 1.29 is 9.90 Å². The Labute approximate surface area is 118 Å². The maximum absolute atomic E-state index is 10.2. The molecule has 0 amide bonds. The first-order chi connectivity index (χ1) is 5.42. The van der Waals surface area contributed by atoms with Gasteiger partial charge >= 0.3 is 51.5 Å². The van der Waals surface area contributed by atoms with Gasteiger partial charge in [0.1, 0.15) is 0 Å². The van der Waals surface area contributed by atoms with E-state index in [2.05, 4.69) is 20.8 Å². The topological polar surface area (TPSA) is 37.3 Å². The molecule has 0 aromatic rings. The van der Waals surface area contributed by atoms with Crippen LogP contribution in [-0.4, -0.2) is 56.6 Å². The van der Waals surface area contributed by atoms with Crippen LogP contribution >= 0.6 is 0 Å². The number of aliphatic carboxylic acids is 1. The minimum absolute atomic E-state index is 0. The van der Waals surface area contributed by atoms with Crippen molar-refractivity contribution >= 4 is 51.5 Å². The Bertz CT molecular complexity index is 138. The summed E-state index contributed by atoms with van der Waals surface area (Å²) in [7, 11) is 0. The number of hydrogen-bond donors (Lipinski definition) is 1. The molecule has 1 N–H and O–H groups in total. The summed E-state index contributed by atoms with van der Waals surface area (Å²) in [6.07, 6.45) is 4.53. The van der Waals surface area contributed by atoms with E-state index in [1.54, 1.807) is 0 Å². The van der Waals surface area contributed by atoms with Gasteiger partial charge in [0.2, 0.25) is 0 Å². The van der Waals surface area contributed by atoms with Gasteiger partial charge in [-0.15, -0.1) is 0 Å². The second-order valence-electron chi connectivity index (χ2n) is 4.52. The van der Waals surface area contributed by atoms with Gasteiger partial charge in [-0.25, -0.2) is 0 Å². The van der Waals surface area contributed by atoms with Crippen LogP contribution in [0.2, 0.25) is 0 Å². The average Bonchev–Trinajstić information content (AvgIpc) is 1.83. The fraction of sp³-hybridized carbons (Fsp3) is 0.900. The van der Waals surface area contributed by atoms with Crippen molar-refractivity contribution in [3.05, 3.63) is 0 Å². The molecule has 0 fully saturated rings. The van der Waals surface area contributed by atoms with Crippen LogP contribution in [0, 0.1) is 5.41 Å². The van der Waals surface area contributed by atoms with E-state index in [0.29, 0.717) is 11.8 Å². The van der Waals surface area contributed by atoms with Crippen LogP contribution in [0.25, 0.3) is 0 Å². The van der Waals surface area contributed by atoms with Gasteiger partial charge in [0.25, 0.3) is 0 Å². The maximum atomic E-state index is 10.2. The van der Waals surface area contributed by atoms with Crippen molar-refractivity contribution in [2.45, 2.75) is 52.9 Å². The predicted octanol–water partition coefficient (Wildman–Crippen LogP) is 2.15. The molecule has 0 radical (unpaired) electrons. The van der Waals surface area contributed by atoms with E-state index >= 15 is 0 Å². The van der Waals surface area contributed by atoms with E-state index in [4.69, 9.17) is 5.11 Å². The molecular formula is C10H22O2Sr. The van der Waals surface area contributed by atoms with Crippen molar-refractivity contribution in [3.63, 3.8) is 0 Å². The van der Waals surface area contributed by atoms with Gasteiger partial charge in [-0.1, -0.05) is 33.6 Å². The molecule has 0 aromatic carbocycles. The van der Waals surface area contributed by atoms with Gasteiger partial charge in [-0.05, 0) is 18.3 Å². The molecule has 0 aliphatic rings. The summed E-state index contributed by atoms with van der Waals surface area (Å²) in [4.78, 5) is 10.2. The number of carboxylic acids is 1. The van der Waals surface area contributed by atoms with Crippen molar-refractivity contribution in [3.8, 4) is 0 Å². The summed E-state index contributed by atoms with van der Waals surface area (Å²) < 4.78 is 0. The third-order valence-corrected chi connectivity index (χ3v) is 1.82. The van der Waals surface area contributed by atoms with Crippen LogP contribution in [0.4, 0.5) is 0 Å². The molecule has 2 nitrogen and oxygen atoms in total. The van der Waals surface area contributed by atoms with Gasteiger partial charge in [0.05, 0.1) is 0 Å². The van der Waals surface area contributed by atoms with Crippen LogP contribution in [0.5, 0.6) is 0 Å². The molecule has 0 aliphatic heterocycles. The molecule has 0 unspecified atom stereocenters. The van der Waals surface area contributed by atoms with E-state index in [-0.39, 0.29) is 45.5 Å². The standard InChI is InChI=1S/C10H20O2.Sr.2H/c1-10(2,3)8-6-4-5-7-9(11)12;;;/h4-8H2,1-3H3,(H,11,12);;;. The normalized spacial score (nSPS) is 10.7. The monoisotopic (exact) mass is 262 g/mol. The molecule has 0 aromatic heterocycles. The quantitative estimate of drug-likeness (QED) is 0.608. The van der Waals surface area contributed by atoms with Gasteiger partial charge in [0.15, 0.2) is 0 Å². The number of rotatable bonds is 5. The molecule has 0 saturated heterocycles. The van der Waals surface area contributed by atoms with Crippen molar-refractivity contribution in [2.24, 2.45) is 5.41 Å².